The number of rotatable bonds is 35. The molecule has 0 radical (unpaired) electrons. The molecule has 0 aromatic heterocycles. The van der Waals surface area contributed by atoms with Crippen LogP contribution in [0.5, 0.6) is 0 Å². The predicted molar refractivity (Wildman–Crippen MR) is 252 cm³/mol. The van der Waals surface area contributed by atoms with Gasteiger partial charge in [-0.3, -0.25) is 0 Å². The molecule has 35 nitrogen and oxygen atoms in total. The van der Waals surface area contributed by atoms with Gasteiger partial charge < -0.3 is 178 Å². The van der Waals surface area contributed by atoms with Gasteiger partial charge in [-0.05, 0) is 0 Å². The minimum absolute atomic E-state index is 0. The average Bonchev–Trinajstić information content (AvgIpc) is 3.28. The minimum atomic E-state index is -1.23. The van der Waals surface area contributed by atoms with Crippen LogP contribution >= 0.6 is 49.6 Å². The summed E-state index contributed by atoms with van der Waals surface area (Å²) in [5, 5.41) is 203. The molecule has 452 valence electrons. The van der Waals surface area contributed by atoms with Crippen molar-refractivity contribution < 1.29 is 167 Å². The summed E-state index contributed by atoms with van der Waals surface area (Å²) in [6, 6.07) is 0. The Hall–Kier alpha value is -1.97. The van der Waals surface area contributed by atoms with E-state index in [0.717, 1.165) is 0 Å². The van der Waals surface area contributed by atoms with Crippen LogP contribution in [-0.4, -0.2) is 311 Å². The van der Waals surface area contributed by atoms with E-state index in [1.165, 1.54) is 0 Å². The summed E-state index contributed by atoms with van der Waals surface area (Å²) in [5.74, 6) is -8.62. The molecule has 0 aromatic rings. The number of aliphatic carboxylic acids is 7. The summed E-state index contributed by atoms with van der Waals surface area (Å²) >= 11 is 0. The molecule has 0 aliphatic rings. The van der Waals surface area contributed by atoms with Gasteiger partial charge in [0, 0.05) is 91.6 Å². The molecule has 0 spiro atoms. The van der Waals surface area contributed by atoms with Crippen molar-refractivity contribution in [3.05, 3.63) is 0 Å². The zero-order valence-corrected chi connectivity index (χ0v) is 47.5. The van der Waals surface area contributed by atoms with Gasteiger partial charge in [-0.1, -0.05) is 0 Å². The Kier molecular flexibility index (Phi) is 114. The summed E-state index contributed by atoms with van der Waals surface area (Å²) < 4.78 is 0. The molecule has 0 aromatic carbocycles. The van der Waals surface area contributed by atoms with E-state index in [4.69, 9.17) is 71.5 Å². The van der Waals surface area contributed by atoms with Gasteiger partial charge in [-0.25, -0.2) is 0 Å². The molecule has 21 N–H and O–H groups in total. The third kappa shape index (κ3) is 124. The van der Waals surface area contributed by atoms with E-state index in [0.29, 0.717) is 0 Å². The first-order valence-corrected chi connectivity index (χ1v) is 20.0. The molecule has 7 atom stereocenters. The number of carboxylic acid groups (broad SMARTS) is 7. The molecule has 7 unspecified atom stereocenters. The topological polar surface area (TPSA) is 648 Å². The fraction of sp³-hybridized carbons (Fsp3) is 0.800. The Morgan fingerprint density at radius 3 is 0.395 bits per heavy atom. The van der Waals surface area contributed by atoms with Crippen LogP contribution in [0.3, 0.4) is 0 Å². The van der Waals surface area contributed by atoms with E-state index < -0.39 is 84.5 Å². The number of hydrogen-bond acceptors (Lipinski definition) is 35. The first-order chi connectivity index (χ1) is 32.6. The molecule has 0 amide bonds. The van der Waals surface area contributed by atoms with Crippen molar-refractivity contribution in [3.8, 4) is 0 Å². The molecule has 0 saturated carbocycles. The first-order valence-electron chi connectivity index (χ1n) is 20.0. The maximum atomic E-state index is 9.75. The number of aliphatic hydroxyl groups excluding tert-OH is 14. The van der Waals surface area contributed by atoms with Gasteiger partial charge in [0.15, 0.2) is 0 Å². The maximum Gasteiger partial charge on any atom is 4.00 e. The van der Waals surface area contributed by atoms with Crippen molar-refractivity contribution in [2.45, 2.75) is 42.7 Å². The second-order valence-electron chi connectivity index (χ2n) is 12.9. The SMILES string of the molecule is Cl.Cl.Cl.Cl.O=C([O-])CNCC(O)CO.O=C([O-])CNCC(O)CO.O=C([O-])CNCC(O)CO.O=C([O-])CNCC(O)CO.O=C([O-])CNCC(O)CO.O=C([O-])CNCC(O)CO.O=C([O-])CNCC(O)CO.[Al+3].[Zr+4]. The molecule has 41 heteroatoms. The van der Waals surface area contributed by atoms with Crippen LogP contribution in [0.25, 0.3) is 0 Å². The van der Waals surface area contributed by atoms with Crippen molar-refractivity contribution >= 4 is 109 Å². The summed E-state index contributed by atoms with van der Waals surface area (Å²) in [4.78, 5) is 68.3. The molecule has 0 bridgehead atoms. The third-order valence-corrected chi connectivity index (χ3v) is 6.02. The van der Waals surface area contributed by atoms with Crippen LogP contribution in [0.15, 0.2) is 0 Å². The monoisotopic (exact) mass is 1300 g/mol. The van der Waals surface area contributed by atoms with Gasteiger partial charge in [0.2, 0.25) is 0 Å². The fourth-order valence-electron chi connectivity index (χ4n) is 2.84. The van der Waals surface area contributed by atoms with Crippen molar-refractivity contribution in [2.24, 2.45) is 0 Å². The second-order valence-corrected chi connectivity index (χ2v) is 12.9. The molecular formula is C35H74AlCl4N7O28Zr. The van der Waals surface area contributed by atoms with E-state index in [1.54, 1.807) is 0 Å². The predicted octanol–water partition coefficient (Wildman–Crippen LogP) is -21.9. The number of carbonyl (C=O) groups excluding carboxylic acids is 7. The van der Waals surface area contributed by atoms with E-state index >= 15 is 0 Å². The Balaban J connectivity index is -0.0000000547. The molecule has 0 fully saturated rings. The van der Waals surface area contributed by atoms with Gasteiger partial charge in [0.1, 0.15) is 0 Å². The molecule has 0 heterocycles. The van der Waals surface area contributed by atoms with E-state index in [-0.39, 0.29) is 231 Å². The number of carboxylic acids is 7. The maximum absolute atomic E-state index is 9.75. The van der Waals surface area contributed by atoms with E-state index in [2.05, 4.69) is 37.2 Å². The van der Waals surface area contributed by atoms with Gasteiger partial charge >= 0.3 is 43.6 Å². The van der Waals surface area contributed by atoms with E-state index in [9.17, 15) is 69.3 Å². The van der Waals surface area contributed by atoms with Crippen molar-refractivity contribution in [2.75, 3.05) is 138 Å². The summed E-state index contributed by atoms with van der Waals surface area (Å²) in [6.07, 6.45) is -6.32. The van der Waals surface area contributed by atoms with Crippen molar-refractivity contribution in [3.63, 3.8) is 0 Å². The molecule has 0 aliphatic carbocycles. The molecular weight excluding hydrogens is 1230 g/mol. The fourth-order valence-corrected chi connectivity index (χ4v) is 2.84. The molecule has 76 heavy (non-hydrogen) atoms. The molecule has 0 saturated heterocycles. The summed E-state index contributed by atoms with van der Waals surface area (Å²) in [7, 11) is 0. The van der Waals surface area contributed by atoms with Crippen LogP contribution in [-0.2, 0) is 59.8 Å². The number of hydrogen-bond donors (Lipinski definition) is 21. The average molecular weight is 1300 g/mol. The van der Waals surface area contributed by atoms with Crippen molar-refractivity contribution in [1.82, 2.24) is 37.2 Å². The number of aliphatic hydroxyl groups is 14. The van der Waals surface area contributed by atoms with Crippen LogP contribution < -0.4 is 73.0 Å². The zero-order chi connectivity index (χ0) is 55.9. The molecule has 0 rings (SSSR count). The third-order valence-electron chi connectivity index (χ3n) is 6.02. The minimum Gasteiger partial charge on any atom is -0.549 e. The normalized spacial score (nSPS) is 12.0. The Morgan fingerprint density at radius 1 is 0.263 bits per heavy atom. The smallest absolute Gasteiger partial charge is 0.549 e. The second kappa shape index (κ2) is 81.9. The van der Waals surface area contributed by atoms with Gasteiger partial charge in [-0.2, -0.15) is 0 Å². The number of carbonyl (C=O) groups is 7. The first kappa shape index (κ1) is 106. The molecule has 0 aliphatic heterocycles. The number of halogens is 4. The Morgan fingerprint density at radius 2 is 0.342 bits per heavy atom. The Bertz CT molecular complexity index is 1030. The van der Waals surface area contributed by atoms with Crippen LogP contribution in [0.4, 0.5) is 0 Å². The van der Waals surface area contributed by atoms with Gasteiger partial charge in [0.25, 0.3) is 0 Å². The quantitative estimate of drug-likeness (QED) is 0.0262. The van der Waals surface area contributed by atoms with Gasteiger partial charge in [-0.15, -0.1) is 49.6 Å². The summed E-state index contributed by atoms with van der Waals surface area (Å²) in [5.41, 5.74) is 0. The van der Waals surface area contributed by atoms with Crippen LogP contribution in [0.1, 0.15) is 0 Å². The van der Waals surface area contributed by atoms with Crippen LogP contribution in [0, 0.1) is 0 Å². The largest absolute Gasteiger partial charge is 4.00 e. The Labute approximate surface area is 491 Å². The van der Waals surface area contributed by atoms with Crippen molar-refractivity contribution in [1.29, 1.82) is 0 Å². The standard InChI is InChI=1S/7C5H11NO4.Al.4ClH.Zr/c7*7-3-4(8)1-6-2-5(9)10;;;;;;/h7*4,6-8H,1-3H2,(H,9,10);;4*1H;/q;;;;;;;+3;;;;;+4/p-7. The summed E-state index contributed by atoms with van der Waals surface area (Å²) in [6.45, 7) is -4.36. The zero-order valence-electron chi connectivity index (χ0n) is 40.6. The van der Waals surface area contributed by atoms with Gasteiger partial charge in [0.05, 0.1) is 131 Å². The van der Waals surface area contributed by atoms with E-state index in [1.807, 2.05) is 0 Å². The van der Waals surface area contributed by atoms with Crippen LogP contribution in [0.2, 0.25) is 0 Å². The number of nitrogens with one attached hydrogen (secondary N) is 7.